The third kappa shape index (κ3) is 13.1. The molecule has 450 valence electrons. The first-order valence-electron chi connectivity index (χ1n) is 26.5. The van der Waals surface area contributed by atoms with Gasteiger partial charge in [-0.3, -0.25) is 33.6 Å². The summed E-state index contributed by atoms with van der Waals surface area (Å²) in [6.45, 7) is 3.74. The molecule has 9 atom stereocenters. The Bertz CT molecular complexity index is 3470. The van der Waals surface area contributed by atoms with Crippen LogP contribution in [0.4, 0.5) is 5.69 Å². The number of benzene rings is 5. The average molecular weight is 1190 g/mol. The Morgan fingerprint density at radius 2 is 1.28 bits per heavy atom. The minimum absolute atomic E-state index is 0.00310. The number of methoxy groups -OCH3 is 5. The first-order chi connectivity index (χ1) is 40.5. The number of amides is 7. The van der Waals surface area contributed by atoms with Crippen molar-refractivity contribution in [2.45, 2.75) is 81.2 Å². The number of hydrogen-bond donors (Lipinski definition) is 11. The van der Waals surface area contributed by atoms with Crippen LogP contribution in [-0.4, -0.2) is 124 Å². The number of rotatable bonds is 12. The van der Waals surface area contributed by atoms with Crippen LogP contribution in [0.3, 0.4) is 0 Å². The third-order valence-corrected chi connectivity index (χ3v) is 14.7. The summed E-state index contributed by atoms with van der Waals surface area (Å²) in [5.41, 5.74) is 12.2. The summed E-state index contributed by atoms with van der Waals surface area (Å²) < 4.78 is 41.2. The van der Waals surface area contributed by atoms with Crippen molar-refractivity contribution in [1.29, 1.82) is 0 Å². The average Bonchev–Trinajstić information content (AvgIpc) is 1.61. The lowest BCUT2D eigenvalue weighted by molar-refractivity contribution is -0.146. The number of likely N-dealkylation sites (N-methyl/N-ethyl adjacent to an activating group) is 1. The monoisotopic (exact) mass is 1190 g/mol. The van der Waals surface area contributed by atoms with Crippen LogP contribution in [0.15, 0.2) is 78.9 Å². The Balaban J connectivity index is 1.39. The van der Waals surface area contributed by atoms with Crippen LogP contribution >= 0.6 is 11.6 Å². The second kappa shape index (κ2) is 26.0. The van der Waals surface area contributed by atoms with Crippen LogP contribution in [0, 0.1) is 5.92 Å². The molecule has 27 heteroatoms. The molecule has 11 bridgehead atoms. The van der Waals surface area contributed by atoms with E-state index in [0.717, 1.165) is 7.11 Å². The van der Waals surface area contributed by atoms with E-state index in [-0.39, 0.29) is 102 Å². The Hall–Kier alpha value is -9.37. The van der Waals surface area contributed by atoms with Gasteiger partial charge in [-0.25, -0.2) is 4.79 Å². The van der Waals surface area contributed by atoms with Gasteiger partial charge in [0, 0.05) is 22.8 Å². The first-order valence-corrected chi connectivity index (χ1v) is 26.8. The minimum atomic E-state index is -2.03. The zero-order valence-corrected chi connectivity index (χ0v) is 48.0. The van der Waals surface area contributed by atoms with Gasteiger partial charge >= 0.3 is 5.97 Å². The predicted octanol–water partition coefficient (Wildman–Crippen LogP) is 2.62. The molecular weight excluding hydrogens is 1130 g/mol. The highest BCUT2D eigenvalue weighted by molar-refractivity contribution is 6.32. The van der Waals surface area contributed by atoms with E-state index in [9.17, 15) is 34.2 Å². The zero-order valence-electron chi connectivity index (χ0n) is 47.2. The highest BCUT2D eigenvalue weighted by atomic mass is 35.5. The number of carbonyl (C=O) groups excluding carboxylic acids is 8. The van der Waals surface area contributed by atoms with E-state index in [4.69, 9.17) is 56.2 Å². The molecule has 0 radical (unpaired) electrons. The summed E-state index contributed by atoms with van der Waals surface area (Å²) in [7, 11) is 7.90. The Morgan fingerprint density at radius 1 is 0.659 bits per heavy atom. The van der Waals surface area contributed by atoms with Crippen LogP contribution < -0.4 is 77.1 Å². The maximum absolute atomic E-state index is 15.7. The van der Waals surface area contributed by atoms with Crippen LogP contribution in [0.2, 0.25) is 5.02 Å². The molecule has 0 saturated heterocycles. The van der Waals surface area contributed by atoms with Crippen molar-refractivity contribution in [1.82, 2.24) is 37.2 Å². The number of ether oxygens (including phenoxy) is 7. The van der Waals surface area contributed by atoms with E-state index in [1.807, 2.05) is 13.8 Å². The lowest BCUT2D eigenvalue weighted by Crippen LogP contribution is -2.59. The normalized spacial score (nSPS) is 21.6. The van der Waals surface area contributed by atoms with Crippen LogP contribution in [-0.2, 0) is 43.1 Å². The van der Waals surface area contributed by atoms with Gasteiger partial charge in [0.05, 0.1) is 58.7 Å². The summed E-state index contributed by atoms with van der Waals surface area (Å²) in [6, 6.07) is 5.18. The van der Waals surface area contributed by atoms with Gasteiger partial charge in [-0.05, 0) is 96.2 Å². The highest BCUT2D eigenvalue weighted by Gasteiger charge is 2.42. The number of esters is 1. The molecule has 0 saturated carbocycles. The van der Waals surface area contributed by atoms with Gasteiger partial charge in [-0.1, -0.05) is 43.6 Å². The fraction of sp³-hybridized carbons (Fsp3) is 0.345. The van der Waals surface area contributed by atoms with Crippen LogP contribution in [0.5, 0.6) is 46.0 Å². The molecule has 0 spiro atoms. The summed E-state index contributed by atoms with van der Waals surface area (Å²) >= 11 is 6.93. The van der Waals surface area contributed by atoms with Crippen LogP contribution in [0.25, 0.3) is 11.1 Å². The molecule has 0 unspecified atom stereocenters. The molecule has 10 rings (SSSR count). The van der Waals surface area contributed by atoms with Gasteiger partial charge in [0.25, 0.3) is 0 Å². The molecule has 26 nitrogen and oxygen atoms in total. The number of carbonyl (C=O) groups is 8. The SMILES string of the molecule is CN[C@H](CC(C)C)C(=O)N[C@H]1C(=O)N[C@@H](CC(N)=O)C(=O)N[C@H]2C(=O)N[C@H]3C(=O)N[C@H](C(=O)N[C@H](C(=O)OC)c4cc(OC)cc(OC)c4-c4cc3ccc4OC)[C@H](O)c3ccc(c(Cl)c3)Oc3cc2cc(c3OC)Oc2ccc(cc2N)[C@H]1O. The van der Waals surface area contributed by atoms with Gasteiger partial charge in [0.2, 0.25) is 47.1 Å². The number of aliphatic hydroxyl groups is 2. The number of fused-ring (bicyclic) bond motifs is 15. The number of aliphatic hydroxyl groups excluding tert-OH is 2. The fourth-order valence-electron chi connectivity index (χ4n) is 10.1. The Labute approximate surface area is 491 Å². The van der Waals surface area contributed by atoms with E-state index < -0.39 is 108 Å². The number of hydrogen-bond acceptors (Lipinski definition) is 19. The van der Waals surface area contributed by atoms with Crippen molar-refractivity contribution in [3.8, 4) is 57.1 Å². The quantitative estimate of drug-likeness (QED) is 0.0632. The van der Waals surface area contributed by atoms with Gasteiger partial charge in [-0.15, -0.1) is 0 Å². The molecule has 85 heavy (non-hydrogen) atoms. The fourth-order valence-corrected chi connectivity index (χ4v) is 10.3. The second-order valence-corrected chi connectivity index (χ2v) is 20.8. The molecular formula is C58H64ClN9O17. The van der Waals surface area contributed by atoms with E-state index >= 15 is 14.4 Å². The predicted molar refractivity (Wildman–Crippen MR) is 303 cm³/mol. The first kappa shape index (κ1) is 61.7. The molecule has 5 aromatic carbocycles. The van der Waals surface area contributed by atoms with Crippen molar-refractivity contribution in [2.24, 2.45) is 11.7 Å². The third-order valence-electron chi connectivity index (χ3n) is 14.4. The highest BCUT2D eigenvalue weighted by Crippen LogP contribution is 2.48. The lowest BCUT2D eigenvalue weighted by atomic mass is 9.89. The van der Waals surface area contributed by atoms with Crippen molar-refractivity contribution < 1.29 is 81.7 Å². The van der Waals surface area contributed by atoms with Crippen LogP contribution in [0.1, 0.15) is 84.8 Å². The lowest BCUT2D eigenvalue weighted by Gasteiger charge is -2.32. The molecule has 0 aromatic heterocycles. The van der Waals surface area contributed by atoms with E-state index in [0.29, 0.717) is 6.42 Å². The molecule has 5 heterocycles. The smallest absolute Gasteiger partial charge is 0.333 e. The van der Waals surface area contributed by atoms with Crippen molar-refractivity contribution in [3.63, 3.8) is 0 Å². The van der Waals surface area contributed by atoms with E-state index in [1.165, 1.54) is 114 Å². The molecule has 13 N–H and O–H groups in total. The second-order valence-electron chi connectivity index (χ2n) is 20.4. The number of anilines is 1. The standard InChI is InChI=1S/C58H64ClN9O17/c1-24(2)15-34(62-3)52(72)67-47-50(71)27-11-14-38(33(60)18-27)85-41-20-28-19-40(51(41)82-7)84-37-13-10-26(17-32(37)59)49(70)48-57(77)66-46(58(78)83-8)31-21-29(79-4)22-39(81-6)43(31)30-16-25(9-12-36(30)80-5)44(54(74)68-48)65-55(75)45(28)64-53(73)35(23-42(61)69)63-56(47)76/h9-14,16-22,24,34-35,44-50,62,70-71H,15,23,60H2,1-8H3,(H2,61,69)(H,63,76)(H,64,73)(H,65,75)(H,66,77)(H,67,72)(H,68,74)/t34-,35+,44-,45-,46+,47-,48+,49-,50-/m1/s1. The van der Waals surface area contributed by atoms with Crippen molar-refractivity contribution in [3.05, 3.63) is 112 Å². The number of nitrogens with one attached hydrogen (secondary N) is 7. The van der Waals surface area contributed by atoms with Gasteiger partial charge in [0.15, 0.2) is 23.3 Å². The summed E-state index contributed by atoms with van der Waals surface area (Å²) in [5.74, 6) is -9.29. The maximum atomic E-state index is 15.7. The molecule has 0 fully saturated rings. The van der Waals surface area contributed by atoms with Crippen molar-refractivity contribution >= 4 is 64.6 Å². The Morgan fingerprint density at radius 3 is 1.88 bits per heavy atom. The maximum Gasteiger partial charge on any atom is 0.333 e. The largest absolute Gasteiger partial charge is 0.497 e. The number of halogens is 1. The summed E-state index contributed by atoms with van der Waals surface area (Å²) in [4.78, 5) is 116. The number of primary amides is 1. The van der Waals surface area contributed by atoms with Gasteiger partial charge in [-0.2, -0.15) is 0 Å². The topological polar surface area (TPSA) is 378 Å². The van der Waals surface area contributed by atoms with Crippen molar-refractivity contribution in [2.75, 3.05) is 48.3 Å². The Kier molecular flexibility index (Phi) is 18.9. The van der Waals surface area contributed by atoms with E-state index in [2.05, 4.69) is 37.2 Å². The summed E-state index contributed by atoms with van der Waals surface area (Å²) in [5, 5.41) is 42.4. The van der Waals surface area contributed by atoms with Gasteiger partial charge in [0.1, 0.15) is 65.4 Å². The number of nitrogen functional groups attached to an aromatic ring is 1. The zero-order chi connectivity index (χ0) is 61.7. The molecule has 7 amide bonds. The summed E-state index contributed by atoms with van der Waals surface area (Å²) in [6.07, 6.45) is -4.49. The molecule has 5 aliphatic heterocycles. The molecule has 5 aliphatic rings. The van der Waals surface area contributed by atoms with Gasteiger partial charge < -0.3 is 92.1 Å². The minimum Gasteiger partial charge on any atom is -0.497 e. The van der Waals surface area contributed by atoms with E-state index in [1.54, 1.807) is 0 Å². The number of nitrogens with two attached hydrogens (primary N) is 2. The molecule has 5 aromatic rings. The molecule has 0 aliphatic carbocycles.